The van der Waals surface area contributed by atoms with Crippen LogP contribution in [0.5, 0.6) is 0 Å². The second kappa shape index (κ2) is 9.68. The molecule has 0 aliphatic carbocycles. The molecule has 0 radical (unpaired) electrons. The van der Waals surface area contributed by atoms with E-state index < -0.39 is 17.8 Å². The number of rotatable bonds is 4. The number of amides is 4. The number of hydrazone groups is 1. The molecule has 0 bridgehead atoms. The lowest BCUT2D eigenvalue weighted by Gasteiger charge is -2.34. The molecule has 11 heteroatoms. The Labute approximate surface area is 200 Å². The van der Waals surface area contributed by atoms with Crippen LogP contribution in [0.25, 0.3) is 0 Å². The number of hydrogen-bond acceptors (Lipinski definition) is 5. The van der Waals surface area contributed by atoms with E-state index in [1.165, 1.54) is 29.3 Å². The predicted molar refractivity (Wildman–Crippen MR) is 127 cm³/mol. The summed E-state index contributed by atoms with van der Waals surface area (Å²) in [6.07, 6.45) is 0.0560. The number of anilines is 2. The number of hydrogen-bond donors (Lipinski definition) is 2. The van der Waals surface area contributed by atoms with Gasteiger partial charge in [0.1, 0.15) is 17.6 Å². The van der Waals surface area contributed by atoms with Gasteiger partial charge in [-0.05, 0) is 48.9 Å². The molecule has 9 nitrogen and oxygen atoms in total. The van der Waals surface area contributed by atoms with Crippen molar-refractivity contribution in [1.82, 2.24) is 9.80 Å². The third-order valence-electron chi connectivity index (χ3n) is 5.85. The van der Waals surface area contributed by atoms with Gasteiger partial charge in [0.15, 0.2) is 0 Å². The van der Waals surface area contributed by atoms with Gasteiger partial charge in [-0.3, -0.25) is 14.6 Å². The molecule has 1 unspecified atom stereocenters. The molecule has 1 fully saturated rings. The van der Waals surface area contributed by atoms with Gasteiger partial charge in [0.05, 0.1) is 5.69 Å². The van der Waals surface area contributed by atoms with Crippen molar-refractivity contribution in [3.8, 4) is 0 Å². The van der Waals surface area contributed by atoms with E-state index in [-0.39, 0.29) is 24.1 Å². The number of primary amides is 1. The molecule has 2 aliphatic heterocycles. The van der Waals surface area contributed by atoms with Crippen LogP contribution in [0.3, 0.4) is 0 Å². The van der Waals surface area contributed by atoms with Gasteiger partial charge < -0.3 is 20.9 Å². The molecule has 2 aromatic carbocycles. The van der Waals surface area contributed by atoms with Crippen LogP contribution < -0.4 is 16.1 Å². The second-order valence-corrected chi connectivity index (χ2v) is 8.57. The SMILES string of the molecule is Cc1ccc(NC(=O)N2CCN(C(=O)C3=NN(c4ccc(F)cc4)C(C(N)=O)C3)CC2)cc1Cl. The van der Waals surface area contributed by atoms with Crippen LogP contribution in [-0.2, 0) is 9.59 Å². The number of aryl methyl sites for hydroxylation is 1. The molecule has 0 aromatic heterocycles. The second-order valence-electron chi connectivity index (χ2n) is 8.16. The van der Waals surface area contributed by atoms with Crippen LogP contribution in [0.4, 0.5) is 20.6 Å². The molecule has 3 N–H and O–H groups in total. The molecule has 1 atom stereocenters. The predicted octanol–water partition coefficient (Wildman–Crippen LogP) is 2.58. The van der Waals surface area contributed by atoms with E-state index in [1.54, 1.807) is 21.9 Å². The van der Waals surface area contributed by atoms with E-state index in [0.29, 0.717) is 42.6 Å². The number of carbonyl (C=O) groups excluding carboxylic acids is 3. The van der Waals surface area contributed by atoms with Crippen molar-refractivity contribution >= 4 is 46.5 Å². The van der Waals surface area contributed by atoms with Crippen LogP contribution in [0, 0.1) is 12.7 Å². The number of nitrogens with one attached hydrogen (secondary N) is 1. The van der Waals surface area contributed by atoms with Gasteiger partial charge in [0.2, 0.25) is 5.91 Å². The quantitative estimate of drug-likeness (QED) is 0.691. The zero-order valence-electron chi connectivity index (χ0n) is 18.5. The molecule has 2 aliphatic rings. The zero-order chi connectivity index (χ0) is 24.4. The largest absolute Gasteiger partial charge is 0.368 e. The molecule has 2 aromatic rings. The van der Waals surface area contributed by atoms with Gasteiger partial charge in [0, 0.05) is 43.3 Å². The standard InChI is InChI=1S/C23H24ClFN6O3/c1-14-2-5-16(12-18(14)24)27-23(34)30-10-8-29(9-11-30)22(33)19-13-20(21(26)32)31(28-19)17-6-3-15(25)4-7-17/h2-7,12,20H,8-11,13H2,1H3,(H2,26,32)(H,27,34). The number of nitrogens with two attached hydrogens (primary N) is 1. The number of carbonyl (C=O) groups is 3. The molecule has 4 amide bonds. The summed E-state index contributed by atoms with van der Waals surface area (Å²) in [5.74, 6) is -1.37. The lowest BCUT2D eigenvalue weighted by atomic mass is 10.1. The fourth-order valence-corrected chi connectivity index (χ4v) is 4.04. The first-order valence-corrected chi connectivity index (χ1v) is 11.1. The van der Waals surface area contributed by atoms with E-state index in [4.69, 9.17) is 17.3 Å². The summed E-state index contributed by atoms with van der Waals surface area (Å²) >= 11 is 6.12. The molecule has 4 rings (SSSR count). The van der Waals surface area contributed by atoms with Crippen molar-refractivity contribution in [2.75, 3.05) is 36.5 Å². The van der Waals surface area contributed by atoms with Crippen LogP contribution in [0.15, 0.2) is 47.6 Å². The number of benzene rings is 2. The van der Waals surface area contributed by atoms with Gasteiger partial charge in [0.25, 0.3) is 5.91 Å². The van der Waals surface area contributed by atoms with Crippen molar-refractivity contribution in [3.63, 3.8) is 0 Å². The monoisotopic (exact) mass is 486 g/mol. The van der Waals surface area contributed by atoms with Crippen molar-refractivity contribution in [3.05, 3.63) is 58.9 Å². The average Bonchev–Trinajstić information content (AvgIpc) is 3.27. The summed E-state index contributed by atoms with van der Waals surface area (Å²) in [6.45, 7) is 3.19. The Kier molecular flexibility index (Phi) is 6.69. The normalized spacial score (nSPS) is 18.0. The first-order valence-electron chi connectivity index (χ1n) is 10.8. The lowest BCUT2D eigenvalue weighted by Crippen LogP contribution is -2.53. The van der Waals surface area contributed by atoms with Crippen molar-refractivity contribution < 1.29 is 18.8 Å². The molecule has 1 saturated heterocycles. The highest BCUT2D eigenvalue weighted by Gasteiger charge is 2.37. The van der Waals surface area contributed by atoms with E-state index in [9.17, 15) is 18.8 Å². The van der Waals surface area contributed by atoms with Crippen molar-refractivity contribution in [2.24, 2.45) is 10.8 Å². The third kappa shape index (κ3) is 4.96. The van der Waals surface area contributed by atoms with Gasteiger partial charge in [-0.25, -0.2) is 9.18 Å². The van der Waals surface area contributed by atoms with Crippen LogP contribution in [0.1, 0.15) is 12.0 Å². The van der Waals surface area contributed by atoms with Gasteiger partial charge in [-0.15, -0.1) is 0 Å². The lowest BCUT2D eigenvalue weighted by molar-refractivity contribution is -0.125. The first-order chi connectivity index (χ1) is 16.2. The molecular formula is C23H24ClFN6O3. The Balaban J connectivity index is 1.38. The minimum absolute atomic E-state index is 0.0560. The summed E-state index contributed by atoms with van der Waals surface area (Å²) in [4.78, 5) is 40.8. The minimum atomic E-state index is -0.835. The average molecular weight is 487 g/mol. The van der Waals surface area contributed by atoms with Crippen LogP contribution in [0.2, 0.25) is 5.02 Å². The van der Waals surface area contributed by atoms with E-state index in [2.05, 4.69) is 10.4 Å². The van der Waals surface area contributed by atoms with Gasteiger partial charge in [-0.1, -0.05) is 17.7 Å². The topological polar surface area (TPSA) is 111 Å². The van der Waals surface area contributed by atoms with Crippen molar-refractivity contribution in [2.45, 2.75) is 19.4 Å². The fourth-order valence-electron chi connectivity index (χ4n) is 3.86. The molecule has 2 heterocycles. The van der Waals surface area contributed by atoms with E-state index in [1.807, 2.05) is 13.0 Å². The van der Waals surface area contributed by atoms with Crippen molar-refractivity contribution in [1.29, 1.82) is 0 Å². The summed E-state index contributed by atoms with van der Waals surface area (Å²) in [5.41, 5.74) is 7.68. The third-order valence-corrected chi connectivity index (χ3v) is 6.26. The molecular weight excluding hydrogens is 463 g/mol. The van der Waals surface area contributed by atoms with Gasteiger partial charge in [-0.2, -0.15) is 5.10 Å². The van der Waals surface area contributed by atoms with Gasteiger partial charge >= 0.3 is 6.03 Å². The maximum atomic E-state index is 13.3. The number of nitrogens with zero attached hydrogens (tertiary/aromatic N) is 4. The number of urea groups is 1. The fraction of sp³-hybridized carbons (Fsp3) is 0.304. The Morgan fingerprint density at radius 3 is 2.32 bits per heavy atom. The maximum absolute atomic E-state index is 13.3. The molecule has 0 saturated carbocycles. The highest BCUT2D eigenvalue weighted by atomic mass is 35.5. The van der Waals surface area contributed by atoms with E-state index in [0.717, 1.165) is 5.56 Å². The van der Waals surface area contributed by atoms with Crippen LogP contribution >= 0.6 is 11.6 Å². The summed E-state index contributed by atoms with van der Waals surface area (Å²) in [6, 6.07) is 9.62. The zero-order valence-corrected chi connectivity index (χ0v) is 19.3. The number of piperazine rings is 1. The summed E-state index contributed by atoms with van der Waals surface area (Å²) in [5, 5.41) is 9.05. The minimum Gasteiger partial charge on any atom is -0.368 e. The summed E-state index contributed by atoms with van der Waals surface area (Å²) < 4.78 is 13.3. The molecule has 34 heavy (non-hydrogen) atoms. The van der Waals surface area contributed by atoms with E-state index >= 15 is 0 Å². The number of halogens is 2. The smallest absolute Gasteiger partial charge is 0.321 e. The Bertz CT molecular complexity index is 1150. The van der Waals surface area contributed by atoms with Crippen LogP contribution in [-0.4, -0.2) is 65.6 Å². The Morgan fingerprint density at radius 2 is 1.71 bits per heavy atom. The molecule has 0 spiro atoms. The highest BCUT2D eigenvalue weighted by molar-refractivity contribution is 6.40. The Hall–Kier alpha value is -3.66. The maximum Gasteiger partial charge on any atom is 0.321 e. The highest BCUT2D eigenvalue weighted by Crippen LogP contribution is 2.26. The molecule has 178 valence electrons. The summed E-state index contributed by atoms with van der Waals surface area (Å²) in [7, 11) is 0. The first kappa shape index (κ1) is 23.5. The Morgan fingerprint density at radius 1 is 1.06 bits per heavy atom.